The summed E-state index contributed by atoms with van der Waals surface area (Å²) in [6.45, 7) is 4.80. The minimum absolute atomic E-state index is 0.0259. The smallest absolute Gasteiger partial charge is 0.335 e. The van der Waals surface area contributed by atoms with Crippen molar-refractivity contribution in [1.82, 2.24) is 0 Å². The monoisotopic (exact) mass is 822 g/mol. The predicted molar refractivity (Wildman–Crippen MR) is 225 cm³/mol. The van der Waals surface area contributed by atoms with Gasteiger partial charge in [0.15, 0.2) is 0 Å². The molecule has 18 heteroatoms. The van der Waals surface area contributed by atoms with Crippen molar-refractivity contribution in [2.75, 3.05) is 39.3 Å². The second kappa shape index (κ2) is 20.5. The number of rotatable bonds is 18. The zero-order chi connectivity index (χ0) is 44.1. The number of carboxylic acid groups (broad SMARTS) is 3. The SMILES string of the molecule is CC(=NCCN=Cc1cc(C(=O)O)ccc1O)c1c(O)c(C(C)=NCCN=Cc2cc(C(=O)O)ccc2O)c(O)c(C(C)=NCCN=Cc2cc(C(=O)O)ccc2O)c1O. The second-order valence-electron chi connectivity index (χ2n) is 12.9. The summed E-state index contributed by atoms with van der Waals surface area (Å²) >= 11 is 0. The van der Waals surface area contributed by atoms with Crippen LogP contribution in [0.15, 0.2) is 84.6 Å². The maximum atomic E-state index is 11.5. The first-order valence-corrected chi connectivity index (χ1v) is 18.0. The average Bonchev–Trinajstić information content (AvgIpc) is 3.19. The van der Waals surface area contributed by atoms with E-state index in [1.807, 2.05) is 0 Å². The maximum absolute atomic E-state index is 11.5. The van der Waals surface area contributed by atoms with Crippen molar-refractivity contribution < 1.29 is 60.3 Å². The zero-order valence-corrected chi connectivity index (χ0v) is 32.6. The largest absolute Gasteiger partial charge is 0.507 e. The quantitative estimate of drug-likeness (QED) is 0.0483. The van der Waals surface area contributed by atoms with Gasteiger partial charge in [0.25, 0.3) is 0 Å². The standard InChI is InChI=1S/C42H42N6O12/c1-22(46-13-10-43-19-28-16-25(40(55)56)4-7-31(28)49)34-37(52)35(23(2)47-14-11-44-20-29-17-26(41(57)58)5-8-32(29)50)39(54)36(38(34)53)24(3)48-15-12-45-21-30-18-27(42(59)60)6-9-33(30)51/h4-9,16-21,49-54H,10-15H2,1-3H3,(H,55,56)(H,57,58)(H,59,60). The third-order valence-electron chi connectivity index (χ3n) is 8.76. The average molecular weight is 823 g/mol. The lowest BCUT2D eigenvalue weighted by molar-refractivity contribution is 0.0686. The van der Waals surface area contributed by atoms with Gasteiger partial charge in [0.05, 0.1) is 72.6 Å². The van der Waals surface area contributed by atoms with E-state index >= 15 is 0 Å². The number of nitrogens with zero attached hydrogens (tertiary/aromatic N) is 6. The molecule has 0 radical (unpaired) electrons. The van der Waals surface area contributed by atoms with Crippen LogP contribution >= 0.6 is 0 Å². The molecule has 0 amide bonds. The van der Waals surface area contributed by atoms with Gasteiger partial charge in [0.2, 0.25) is 0 Å². The van der Waals surface area contributed by atoms with E-state index in [-0.39, 0.29) is 124 Å². The fourth-order valence-corrected chi connectivity index (χ4v) is 5.66. The maximum Gasteiger partial charge on any atom is 0.335 e. The van der Waals surface area contributed by atoms with Crippen LogP contribution in [0.3, 0.4) is 0 Å². The Morgan fingerprint density at radius 1 is 0.433 bits per heavy atom. The highest BCUT2D eigenvalue weighted by atomic mass is 16.4. The fourth-order valence-electron chi connectivity index (χ4n) is 5.66. The van der Waals surface area contributed by atoms with E-state index in [2.05, 4.69) is 30.0 Å². The molecule has 18 nitrogen and oxygen atoms in total. The van der Waals surface area contributed by atoms with Crippen LogP contribution in [0.1, 0.15) is 85.2 Å². The number of hydrogen-bond donors (Lipinski definition) is 9. The number of aromatic hydroxyl groups is 6. The molecule has 0 saturated heterocycles. The van der Waals surface area contributed by atoms with Gasteiger partial charge in [-0.15, -0.1) is 0 Å². The molecule has 0 saturated carbocycles. The first-order chi connectivity index (χ1) is 28.5. The highest BCUT2D eigenvalue weighted by Gasteiger charge is 2.27. The molecule has 9 N–H and O–H groups in total. The van der Waals surface area contributed by atoms with Crippen LogP contribution in [0.2, 0.25) is 0 Å². The lowest BCUT2D eigenvalue weighted by Crippen LogP contribution is -2.10. The van der Waals surface area contributed by atoms with Crippen molar-refractivity contribution in [2.24, 2.45) is 30.0 Å². The summed E-state index contributed by atoms with van der Waals surface area (Å²) in [5, 5.41) is 92.6. The molecule has 0 heterocycles. The molecule has 0 fully saturated rings. The van der Waals surface area contributed by atoms with E-state index in [4.69, 9.17) is 0 Å². The highest BCUT2D eigenvalue weighted by Crippen LogP contribution is 2.43. The van der Waals surface area contributed by atoms with Gasteiger partial charge in [-0.3, -0.25) is 30.0 Å². The van der Waals surface area contributed by atoms with E-state index in [0.29, 0.717) is 0 Å². The van der Waals surface area contributed by atoms with E-state index in [1.54, 1.807) is 0 Å². The fraction of sp³-hybridized carbons (Fsp3) is 0.214. The third kappa shape index (κ3) is 11.4. The summed E-state index contributed by atoms with van der Waals surface area (Å²) in [6.07, 6.45) is 3.87. The molecular weight excluding hydrogens is 780 g/mol. The van der Waals surface area contributed by atoms with Crippen LogP contribution in [0, 0.1) is 0 Å². The van der Waals surface area contributed by atoms with Crippen LogP contribution in [-0.4, -0.2) is 139 Å². The lowest BCUT2D eigenvalue weighted by atomic mass is 9.93. The molecule has 0 aliphatic rings. The number of carboxylic acids is 3. The minimum Gasteiger partial charge on any atom is -0.507 e. The van der Waals surface area contributed by atoms with Crippen LogP contribution in [0.4, 0.5) is 0 Å². The zero-order valence-electron chi connectivity index (χ0n) is 32.6. The highest BCUT2D eigenvalue weighted by molar-refractivity contribution is 6.16. The van der Waals surface area contributed by atoms with Crippen LogP contribution in [-0.2, 0) is 0 Å². The van der Waals surface area contributed by atoms with Crippen LogP contribution < -0.4 is 0 Å². The summed E-state index contributed by atoms with van der Waals surface area (Å²) < 4.78 is 0. The Labute approximate surface area is 342 Å². The summed E-state index contributed by atoms with van der Waals surface area (Å²) in [6, 6.07) is 11.2. The van der Waals surface area contributed by atoms with Crippen molar-refractivity contribution in [3.63, 3.8) is 0 Å². The van der Waals surface area contributed by atoms with Gasteiger partial charge in [-0.1, -0.05) is 0 Å². The van der Waals surface area contributed by atoms with Gasteiger partial charge < -0.3 is 46.0 Å². The molecule has 0 aromatic heterocycles. The van der Waals surface area contributed by atoms with Gasteiger partial charge in [0, 0.05) is 52.5 Å². The Hall–Kier alpha value is -7.89. The number of aliphatic imine (C=N–C) groups is 6. The molecule has 0 aliphatic heterocycles. The summed E-state index contributed by atoms with van der Waals surface area (Å²) in [4.78, 5) is 59.9. The topological polar surface area (TPSA) is 307 Å². The van der Waals surface area contributed by atoms with Gasteiger partial charge in [0.1, 0.15) is 34.5 Å². The molecule has 0 atom stereocenters. The molecule has 0 bridgehead atoms. The number of phenols is 6. The Kier molecular flexibility index (Phi) is 15.3. The first kappa shape index (κ1) is 44.8. The Morgan fingerprint density at radius 3 is 0.917 bits per heavy atom. The van der Waals surface area contributed by atoms with Gasteiger partial charge in [-0.25, -0.2) is 14.4 Å². The number of carbonyl (C=O) groups is 3. The van der Waals surface area contributed by atoms with Crippen molar-refractivity contribution in [1.29, 1.82) is 0 Å². The van der Waals surface area contributed by atoms with Crippen molar-refractivity contribution >= 4 is 53.7 Å². The lowest BCUT2D eigenvalue weighted by Gasteiger charge is -2.18. The molecule has 60 heavy (non-hydrogen) atoms. The van der Waals surface area contributed by atoms with Crippen LogP contribution in [0.5, 0.6) is 34.5 Å². The summed E-state index contributed by atoms with van der Waals surface area (Å²) in [5.74, 6) is -5.70. The number of benzene rings is 4. The summed E-state index contributed by atoms with van der Waals surface area (Å²) in [5.41, 5.74) is 0.390. The Balaban J connectivity index is 1.63. The van der Waals surface area contributed by atoms with E-state index < -0.39 is 35.2 Å². The van der Waals surface area contributed by atoms with E-state index in [0.717, 1.165) is 0 Å². The molecular formula is C42H42N6O12. The van der Waals surface area contributed by atoms with Crippen molar-refractivity contribution in [2.45, 2.75) is 20.8 Å². The first-order valence-electron chi connectivity index (χ1n) is 18.0. The molecule has 4 aromatic carbocycles. The van der Waals surface area contributed by atoms with Gasteiger partial charge >= 0.3 is 17.9 Å². The molecule has 0 aliphatic carbocycles. The van der Waals surface area contributed by atoms with E-state index in [9.17, 15) is 60.3 Å². The molecule has 0 spiro atoms. The Bertz CT molecular complexity index is 2200. The molecule has 4 rings (SSSR count). The number of hydrogen-bond acceptors (Lipinski definition) is 15. The molecule has 4 aromatic rings. The van der Waals surface area contributed by atoms with Crippen molar-refractivity contribution in [3.8, 4) is 34.5 Å². The minimum atomic E-state index is -1.18. The third-order valence-corrected chi connectivity index (χ3v) is 8.76. The normalized spacial score (nSPS) is 12.6. The summed E-state index contributed by atoms with van der Waals surface area (Å²) in [7, 11) is 0. The van der Waals surface area contributed by atoms with Crippen LogP contribution in [0.25, 0.3) is 0 Å². The molecule has 0 unspecified atom stereocenters. The van der Waals surface area contributed by atoms with Gasteiger partial charge in [-0.2, -0.15) is 0 Å². The Morgan fingerprint density at radius 2 is 0.683 bits per heavy atom. The van der Waals surface area contributed by atoms with E-state index in [1.165, 1.54) is 94.0 Å². The predicted octanol–water partition coefficient (Wildman–Crippen LogP) is 4.80. The number of phenolic OH excluding ortho intramolecular Hbond substituents is 6. The van der Waals surface area contributed by atoms with Crippen molar-refractivity contribution in [3.05, 3.63) is 105 Å². The second-order valence-corrected chi connectivity index (χ2v) is 12.9. The molecule has 312 valence electrons. The van der Waals surface area contributed by atoms with Gasteiger partial charge in [-0.05, 0) is 75.4 Å². The number of aromatic carboxylic acids is 3.